The highest BCUT2D eigenvalue weighted by molar-refractivity contribution is 6.30. The first-order valence-corrected chi connectivity index (χ1v) is 12.7. The molecule has 0 aliphatic heterocycles. The fourth-order valence-corrected chi connectivity index (χ4v) is 4.18. The first kappa shape index (κ1) is 28.7. The van der Waals surface area contributed by atoms with Gasteiger partial charge >= 0.3 is 5.92 Å². The van der Waals surface area contributed by atoms with Gasteiger partial charge in [0.15, 0.2) is 5.60 Å². The standard InChI is InChI=1S/C30H20ClF4N5O2/c31-23-8-11-25(12-9-23)42-17-22-5-2-20(3-6-22)1-4-21-7-14-28(36-16-21)30(34,35)29(41,18-40-19-37-38-39-40)26-13-10-24(32)15-27(26)33/h2-3,5-16,19,41H,17-18H2. The molecule has 0 saturated heterocycles. The van der Waals surface area contributed by atoms with E-state index in [1.165, 1.54) is 6.07 Å². The van der Waals surface area contributed by atoms with Crippen LogP contribution in [0.25, 0.3) is 0 Å². The SMILES string of the molecule is OC(Cn1cnnn1)(c1ccc(F)cc1F)C(F)(F)c1ccc(C#Cc2ccc(COc3ccc(Cl)cc3)cc2)cn1. The third kappa shape index (κ3) is 6.25. The van der Waals surface area contributed by atoms with Gasteiger partial charge in [-0.15, -0.1) is 5.10 Å². The fourth-order valence-electron chi connectivity index (χ4n) is 4.06. The lowest BCUT2D eigenvalue weighted by Crippen LogP contribution is -2.48. The number of rotatable bonds is 8. The first-order chi connectivity index (χ1) is 20.1. The van der Waals surface area contributed by atoms with Gasteiger partial charge in [-0.2, -0.15) is 8.78 Å². The Bertz CT molecular complexity index is 1720. The summed E-state index contributed by atoms with van der Waals surface area (Å²) in [5.41, 5.74) is -3.03. The fraction of sp³-hybridized carbons (Fsp3) is 0.133. The normalized spacial score (nSPS) is 12.7. The largest absolute Gasteiger partial charge is 0.489 e. The van der Waals surface area contributed by atoms with Crippen LogP contribution in [0.15, 0.2) is 91.4 Å². The molecule has 1 atom stereocenters. The van der Waals surface area contributed by atoms with Crippen LogP contribution in [0.4, 0.5) is 17.6 Å². The molecule has 12 heteroatoms. The predicted octanol–water partition coefficient (Wildman–Crippen LogP) is 5.66. The predicted molar refractivity (Wildman–Crippen MR) is 144 cm³/mol. The summed E-state index contributed by atoms with van der Waals surface area (Å²) >= 11 is 5.88. The van der Waals surface area contributed by atoms with Gasteiger partial charge in [0, 0.05) is 34.0 Å². The molecule has 1 unspecified atom stereocenters. The van der Waals surface area contributed by atoms with Crippen molar-refractivity contribution in [1.29, 1.82) is 0 Å². The van der Waals surface area contributed by atoms with Gasteiger partial charge in [0.05, 0.1) is 6.54 Å². The molecule has 7 nitrogen and oxygen atoms in total. The van der Waals surface area contributed by atoms with Crippen LogP contribution in [-0.4, -0.2) is 30.3 Å². The molecule has 1 N–H and O–H groups in total. The van der Waals surface area contributed by atoms with Crippen LogP contribution in [0.1, 0.15) is 27.9 Å². The minimum Gasteiger partial charge on any atom is -0.489 e. The third-order valence-corrected chi connectivity index (χ3v) is 6.54. The number of nitrogens with zero attached hydrogens (tertiary/aromatic N) is 5. The zero-order valence-corrected chi connectivity index (χ0v) is 22.3. The Morgan fingerprint density at radius 2 is 1.62 bits per heavy atom. The highest BCUT2D eigenvalue weighted by atomic mass is 35.5. The molecule has 0 amide bonds. The zero-order valence-electron chi connectivity index (χ0n) is 21.6. The monoisotopic (exact) mass is 593 g/mol. The van der Waals surface area contributed by atoms with E-state index in [2.05, 4.69) is 32.4 Å². The molecule has 0 saturated carbocycles. The summed E-state index contributed by atoms with van der Waals surface area (Å²) in [5, 5.41) is 22.1. The molecule has 212 valence electrons. The topological polar surface area (TPSA) is 86.0 Å². The molecule has 0 aliphatic carbocycles. The summed E-state index contributed by atoms with van der Waals surface area (Å²) in [4.78, 5) is 3.81. The van der Waals surface area contributed by atoms with Gasteiger partial charge in [0.25, 0.3) is 0 Å². The second-order valence-electron chi connectivity index (χ2n) is 9.19. The number of benzene rings is 3. The van der Waals surface area contributed by atoms with E-state index in [1.54, 1.807) is 36.4 Å². The zero-order chi connectivity index (χ0) is 29.7. The second kappa shape index (κ2) is 12.0. The number of hydrogen-bond acceptors (Lipinski definition) is 6. The molecule has 2 aromatic heterocycles. The molecule has 0 bridgehead atoms. The van der Waals surface area contributed by atoms with E-state index in [0.717, 1.165) is 41.0 Å². The molecule has 5 rings (SSSR count). The number of hydrogen-bond donors (Lipinski definition) is 1. The Hall–Kier alpha value is -4.79. The van der Waals surface area contributed by atoms with Crippen molar-refractivity contribution in [3.05, 3.63) is 136 Å². The van der Waals surface area contributed by atoms with Gasteiger partial charge in [0.1, 0.15) is 36.0 Å². The van der Waals surface area contributed by atoms with Crippen LogP contribution >= 0.6 is 11.6 Å². The Morgan fingerprint density at radius 3 is 2.26 bits per heavy atom. The number of aromatic nitrogens is 5. The van der Waals surface area contributed by atoms with Crippen molar-refractivity contribution in [2.24, 2.45) is 0 Å². The van der Waals surface area contributed by atoms with Gasteiger partial charge in [-0.05, 0) is 76.7 Å². The molecule has 3 aromatic carbocycles. The number of halogens is 5. The Morgan fingerprint density at radius 1 is 0.905 bits per heavy atom. The van der Waals surface area contributed by atoms with E-state index in [4.69, 9.17) is 16.3 Å². The molecular weight excluding hydrogens is 574 g/mol. The maximum absolute atomic E-state index is 15.9. The minimum atomic E-state index is -4.16. The summed E-state index contributed by atoms with van der Waals surface area (Å²) < 4.78 is 66.4. The summed E-state index contributed by atoms with van der Waals surface area (Å²) in [6.07, 6.45) is 2.09. The van der Waals surface area contributed by atoms with E-state index >= 15 is 8.78 Å². The van der Waals surface area contributed by atoms with Crippen LogP contribution < -0.4 is 4.74 Å². The van der Waals surface area contributed by atoms with Crippen molar-refractivity contribution >= 4 is 11.6 Å². The van der Waals surface area contributed by atoms with Gasteiger partial charge < -0.3 is 9.84 Å². The quantitative estimate of drug-likeness (QED) is 0.185. The average Bonchev–Trinajstić information content (AvgIpc) is 3.49. The Labute approximate surface area is 242 Å². The van der Waals surface area contributed by atoms with Crippen LogP contribution in [-0.2, 0) is 24.7 Å². The van der Waals surface area contributed by atoms with Crippen LogP contribution in [0, 0.1) is 23.5 Å². The Kier molecular flexibility index (Phi) is 8.20. The summed E-state index contributed by atoms with van der Waals surface area (Å²) in [7, 11) is 0. The molecule has 42 heavy (non-hydrogen) atoms. The second-order valence-corrected chi connectivity index (χ2v) is 9.62. The van der Waals surface area contributed by atoms with E-state index in [0.29, 0.717) is 34.6 Å². The molecule has 5 aromatic rings. The van der Waals surface area contributed by atoms with Crippen molar-refractivity contribution in [3.8, 4) is 17.6 Å². The van der Waals surface area contributed by atoms with Crippen molar-refractivity contribution in [2.45, 2.75) is 24.7 Å². The van der Waals surface area contributed by atoms with Crippen LogP contribution in [0.2, 0.25) is 5.02 Å². The number of tetrazole rings is 1. The lowest BCUT2D eigenvalue weighted by molar-refractivity contribution is -0.207. The summed E-state index contributed by atoms with van der Waals surface area (Å²) in [5.74, 6) is -0.0566. The van der Waals surface area contributed by atoms with Crippen LogP contribution in [0.3, 0.4) is 0 Å². The van der Waals surface area contributed by atoms with Crippen molar-refractivity contribution in [2.75, 3.05) is 0 Å². The van der Waals surface area contributed by atoms with E-state index in [9.17, 15) is 13.9 Å². The lowest BCUT2D eigenvalue weighted by atomic mass is 9.84. The van der Waals surface area contributed by atoms with E-state index in [1.807, 2.05) is 12.1 Å². The third-order valence-electron chi connectivity index (χ3n) is 6.29. The van der Waals surface area contributed by atoms with Gasteiger partial charge in [-0.1, -0.05) is 35.6 Å². The molecule has 0 radical (unpaired) electrons. The average molecular weight is 594 g/mol. The maximum Gasteiger partial charge on any atom is 0.323 e. The van der Waals surface area contributed by atoms with Gasteiger partial charge in [-0.3, -0.25) is 4.98 Å². The van der Waals surface area contributed by atoms with Crippen molar-refractivity contribution < 1.29 is 27.4 Å². The lowest BCUT2D eigenvalue weighted by Gasteiger charge is -2.35. The summed E-state index contributed by atoms with van der Waals surface area (Å²) in [6, 6.07) is 18.5. The maximum atomic E-state index is 15.9. The summed E-state index contributed by atoms with van der Waals surface area (Å²) in [6.45, 7) is -0.601. The van der Waals surface area contributed by atoms with Gasteiger partial charge in [-0.25, -0.2) is 13.5 Å². The molecule has 0 fully saturated rings. The van der Waals surface area contributed by atoms with Gasteiger partial charge in [0.2, 0.25) is 0 Å². The van der Waals surface area contributed by atoms with E-state index < -0.39 is 41.0 Å². The molecular formula is C30H20ClF4N5O2. The first-order valence-electron chi connectivity index (χ1n) is 12.4. The number of alkyl halides is 2. The van der Waals surface area contributed by atoms with Crippen molar-refractivity contribution in [1.82, 2.24) is 25.2 Å². The number of ether oxygens (including phenoxy) is 1. The van der Waals surface area contributed by atoms with E-state index in [-0.39, 0.29) is 0 Å². The Balaban J connectivity index is 1.33. The minimum absolute atomic E-state index is 0.321. The smallest absolute Gasteiger partial charge is 0.323 e. The highest BCUT2D eigenvalue weighted by Gasteiger charge is 2.58. The molecule has 2 heterocycles. The number of aliphatic hydroxyl groups is 1. The molecule has 0 aliphatic rings. The number of pyridine rings is 1. The van der Waals surface area contributed by atoms with Crippen molar-refractivity contribution in [3.63, 3.8) is 0 Å². The highest BCUT2D eigenvalue weighted by Crippen LogP contribution is 2.46. The van der Waals surface area contributed by atoms with Crippen LogP contribution in [0.5, 0.6) is 5.75 Å². The molecule has 0 spiro atoms.